The lowest BCUT2D eigenvalue weighted by Gasteiger charge is -2.08. The Labute approximate surface area is 127 Å². The van der Waals surface area contributed by atoms with Crippen LogP contribution in [0.4, 0.5) is 11.4 Å². The van der Waals surface area contributed by atoms with E-state index in [2.05, 4.69) is 5.32 Å². The number of anilines is 1. The first-order chi connectivity index (χ1) is 10.5. The highest BCUT2D eigenvalue weighted by atomic mass is 16.6. The number of benzene rings is 2. The molecule has 0 spiro atoms. The third-order valence-electron chi connectivity index (χ3n) is 3.08. The normalized spacial score (nSPS) is 10.1. The van der Waals surface area contributed by atoms with Crippen molar-refractivity contribution in [1.29, 1.82) is 0 Å². The molecule has 6 nitrogen and oxygen atoms in total. The molecule has 0 heterocycles. The van der Waals surface area contributed by atoms with Gasteiger partial charge in [0.15, 0.2) is 6.61 Å². The van der Waals surface area contributed by atoms with E-state index in [9.17, 15) is 14.9 Å². The summed E-state index contributed by atoms with van der Waals surface area (Å²) in [6, 6.07) is 11.9. The zero-order valence-electron chi connectivity index (χ0n) is 12.3. The molecular formula is C16H16N2O4. The Morgan fingerprint density at radius 2 is 1.86 bits per heavy atom. The summed E-state index contributed by atoms with van der Waals surface area (Å²) in [5.41, 5.74) is 1.98. The number of nitrogens with zero attached hydrogens (tertiary/aromatic N) is 1. The summed E-state index contributed by atoms with van der Waals surface area (Å²) >= 11 is 0. The van der Waals surface area contributed by atoms with Crippen molar-refractivity contribution < 1.29 is 14.5 Å². The second-order valence-corrected chi connectivity index (χ2v) is 4.91. The Balaban J connectivity index is 1.96. The monoisotopic (exact) mass is 300 g/mol. The second-order valence-electron chi connectivity index (χ2n) is 4.91. The fourth-order valence-corrected chi connectivity index (χ4v) is 1.86. The van der Waals surface area contributed by atoms with E-state index >= 15 is 0 Å². The first-order valence-corrected chi connectivity index (χ1v) is 6.70. The summed E-state index contributed by atoms with van der Waals surface area (Å²) < 4.78 is 5.35. The number of ether oxygens (including phenoxy) is 1. The summed E-state index contributed by atoms with van der Waals surface area (Å²) in [7, 11) is 0. The van der Waals surface area contributed by atoms with Gasteiger partial charge in [0.2, 0.25) is 0 Å². The molecule has 0 saturated heterocycles. The van der Waals surface area contributed by atoms with Gasteiger partial charge in [0.25, 0.3) is 11.6 Å². The lowest BCUT2D eigenvalue weighted by atomic mass is 10.2. The van der Waals surface area contributed by atoms with Gasteiger partial charge in [0.1, 0.15) is 5.75 Å². The molecule has 0 unspecified atom stereocenters. The number of carbonyl (C=O) groups is 1. The van der Waals surface area contributed by atoms with Crippen LogP contribution in [-0.2, 0) is 4.79 Å². The molecule has 0 fully saturated rings. The fraction of sp³-hybridized carbons (Fsp3) is 0.188. The second kappa shape index (κ2) is 6.71. The third kappa shape index (κ3) is 4.05. The van der Waals surface area contributed by atoms with Gasteiger partial charge in [0.05, 0.1) is 4.92 Å². The van der Waals surface area contributed by atoms with E-state index in [-0.39, 0.29) is 18.2 Å². The number of hydrogen-bond donors (Lipinski definition) is 1. The number of hydrogen-bond acceptors (Lipinski definition) is 4. The maximum atomic E-state index is 11.8. The Hall–Kier alpha value is -2.89. The van der Waals surface area contributed by atoms with Crippen LogP contribution in [-0.4, -0.2) is 17.4 Å². The molecule has 1 N–H and O–H groups in total. The highest BCUT2D eigenvalue weighted by molar-refractivity contribution is 5.92. The van der Waals surface area contributed by atoms with Crippen molar-refractivity contribution >= 4 is 17.3 Å². The largest absolute Gasteiger partial charge is 0.484 e. The van der Waals surface area contributed by atoms with Gasteiger partial charge in [-0.1, -0.05) is 23.8 Å². The minimum atomic E-state index is -0.478. The smallest absolute Gasteiger partial charge is 0.274 e. The molecule has 0 saturated carbocycles. The van der Waals surface area contributed by atoms with Crippen LogP contribution in [0, 0.1) is 24.0 Å². The summed E-state index contributed by atoms with van der Waals surface area (Å²) in [6.07, 6.45) is 0. The summed E-state index contributed by atoms with van der Waals surface area (Å²) in [5, 5.41) is 13.4. The zero-order valence-corrected chi connectivity index (χ0v) is 12.3. The Morgan fingerprint density at radius 3 is 2.50 bits per heavy atom. The number of aryl methyl sites for hydroxylation is 2. The van der Waals surface area contributed by atoms with Gasteiger partial charge < -0.3 is 10.1 Å². The summed E-state index contributed by atoms with van der Waals surface area (Å²) in [5.74, 6) is 0.217. The molecule has 1 amide bonds. The van der Waals surface area contributed by atoms with Crippen molar-refractivity contribution in [3.05, 3.63) is 63.7 Å². The third-order valence-corrected chi connectivity index (χ3v) is 3.08. The van der Waals surface area contributed by atoms with E-state index in [0.717, 1.165) is 5.56 Å². The summed E-state index contributed by atoms with van der Waals surface area (Å²) in [6.45, 7) is 3.44. The van der Waals surface area contributed by atoms with Gasteiger partial charge >= 0.3 is 0 Å². The zero-order chi connectivity index (χ0) is 16.1. The van der Waals surface area contributed by atoms with Crippen molar-refractivity contribution in [2.75, 3.05) is 11.9 Å². The number of amides is 1. The molecule has 0 aliphatic heterocycles. The number of nitro groups is 1. The molecule has 0 aromatic heterocycles. The first-order valence-electron chi connectivity index (χ1n) is 6.70. The van der Waals surface area contributed by atoms with E-state index < -0.39 is 4.92 Å². The average molecular weight is 300 g/mol. The van der Waals surface area contributed by atoms with E-state index in [1.54, 1.807) is 31.2 Å². The predicted molar refractivity (Wildman–Crippen MR) is 83.1 cm³/mol. The highest BCUT2D eigenvalue weighted by Crippen LogP contribution is 2.22. The van der Waals surface area contributed by atoms with Gasteiger partial charge in [-0.3, -0.25) is 14.9 Å². The molecule has 2 rings (SSSR count). The molecule has 2 aromatic rings. The minimum absolute atomic E-state index is 0.0303. The van der Waals surface area contributed by atoms with Crippen LogP contribution in [0.2, 0.25) is 0 Å². The van der Waals surface area contributed by atoms with Crippen LogP contribution < -0.4 is 10.1 Å². The molecule has 0 radical (unpaired) electrons. The number of nitrogens with one attached hydrogen (secondary N) is 1. The quantitative estimate of drug-likeness (QED) is 0.679. The van der Waals surface area contributed by atoms with Crippen LogP contribution in [0.15, 0.2) is 42.5 Å². The molecule has 0 bridgehead atoms. The number of rotatable bonds is 5. The maximum Gasteiger partial charge on any atom is 0.274 e. The van der Waals surface area contributed by atoms with Crippen molar-refractivity contribution in [3.8, 4) is 5.75 Å². The van der Waals surface area contributed by atoms with Crippen LogP contribution in [0.25, 0.3) is 0 Å². The fourth-order valence-electron chi connectivity index (χ4n) is 1.86. The van der Waals surface area contributed by atoms with Crippen LogP contribution in [0.3, 0.4) is 0 Å². The Bertz CT molecular complexity index is 696. The summed E-state index contributed by atoms with van der Waals surface area (Å²) in [4.78, 5) is 22.2. The molecule has 114 valence electrons. The molecule has 6 heteroatoms. The van der Waals surface area contributed by atoms with Crippen molar-refractivity contribution in [3.63, 3.8) is 0 Å². The van der Waals surface area contributed by atoms with Crippen LogP contribution in [0.1, 0.15) is 11.1 Å². The molecule has 22 heavy (non-hydrogen) atoms. The standard InChI is InChI=1S/C16H16N2O4/c1-11-3-7-14(8-4-11)22-10-16(19)17-13-6-5-12(2)15(9-13)18(20)21/h3-9H,10H2,1-2H3,(H,17,19). The lowest BCUT2D eigenvalue weighted by Crippen LogP contribution is -2.20. The van der Waals surface area contributed by atoms with Crippen molar-refractivity contribution in [1.82, 2.24) is 0 Å². The predicted octanol–water partition coefficient (Wildman–Crippen LogP) is 3.23. The van der Waals surface area contributed by atoms with E-state index in [0.29, 0.717) is 17.0 Å². The van der Waals surface area contributed by atoms with Gasteiger partial charge in [-0.25, -0.2) is 0 Å². The molecule has 0 aliphatic carbocycles. The lowest BCUT2D eigenvalue weighted by molar-refractivity contribution is -0.385. The van der Waals surface area contributed by atoms with Gasteiger partial charge in [-0.05, 0) is 32.0 Å². The molecule has 0 aliphatic rings. The molecule has 2 aromatic carbocycles. The Kier molecular flexibility index (Phi) is 4.73. The van der Waals surface area contributed by atoms with Gasteiger partial charge in [0, 0.05) is 17.3 Å². The number of carbonyl (C=O) groups excluding carboxylic acids is 1. The van der Waals surface area contributed by atoms with E-state index in [1.807, 2.05) is 19.1 Å². The topological polar surface area (TPSA) is 81.5 Å². The van der Waals surface area contributed by atoms with Gasteiger partial charge in [-0.15, -0.1) is 0 Å². The average Bonchev–Trinajstić information content (AvgIpc) is 2.48. The van der Waals surface area contributed by atoms with Crippen LogP contribution >= 0.6 is 0 Å². The Morgan fingerprint density at radius 1 is 1.18 bits per heavy atom. The SMILES string of the molecule is Cc1ccc(OCC(=O)Nc2ccc(C)c([N+](=O)[O-])c2)cc1. The molecule has 0 atom stereocenters. The minimum Gasteiger partial charge on any atom is -0.484 e. The molecular weight excluding hydrogens is 284 g/mol. The van der Waals surface area contributed by atoms with Crippen LogP contribution in [0.5, 0.6) is 5.75 Å². The first kappa shape index (κ1) is 15.5. The number of nitro benzene ring substituents is 1. The highest BCUT2D eigenvalue weighted by Gasteiger charge is 2.12. The van der Waals surface area contributed by atoms with Crippen molar-refractivity contribution in [2.45, 2.75) is 13.8 Å². The van der Waals surface area contributed by atoms with Crippen molar-refractivity contribution in [2.24, 2.45) is 0 Å². The maximum absolute atomic E-state index is 11.8. The van der Waals surface area contributed by atoms with E-state index in [1.165, 1.54) is 6.07 Å². The van der Waals surface area contributed by atoms with E-state index in [4.69, 9.17) is 4.74 Å². The van der Waals surface area contributed by atoms with Gasteiger partial charge in [-0.2, -0.15) is 0 Å².